The monoisotopic (exact) mass is 335 g/mol. The maximum Gasteiger partial charge on any atom is 0.335 e. The average Bonchev–Trinajstić information content (AvgIpc) is 2.60. The zero-order valence-electron chi connectivity index (χ0n) is 12.8. The Kier molecular flexibility index (Phi) is 4.13. The summed E-state index contributed by atoms with van der Waals surface area (Å²) in [7, 11) is 0. The molecular weight excluding hydrogens is 324 g/mol. The number of amides is 4. The first-order valence-electron chi connectivity index (χ1n) is 7.25. The SMILES string of the molecule is O=C1NC(=O)N(c2ccccc2)C(=O)C1=Cc1ccc(C(=O)[O-])cc1. The van der Waals surface area contributed by atoms with Gasteiger partial charge in [0.25, 0.3) is 11.8 Å². The lowest BCUT2D eigenvalue weighted by Gasteiger charge is -2.26. The van der Waals surface area contributed by atoms with Crippen molar-refractivity contribution in [2.45, 2.75) is 0 Å². The number of anilines is 1. The lowest BCUT2D eigenvalue weighted by molar-refractivity contribution is -0.255. The van der Waals surface area contributed by atoms with Gasteiger partial charge < -0.3 is 9.90 Å². The van der Waals surface area contributed by atoms with Gasteiger partial charge in [-0.25, -0.2) is 9.69 Å². The molecule has 4 amide bonds. The molecule has 0 aromatic heterocycles. The number of hydrogen-bond donors (Lipinski definition) is 1. The van der Waals surface area contributed by atoms with Crippen molar-refractivity contribution in [2.75, 3.05) is 4.90 Å². The van der Waals surface area contributed by atoms with Gasteiger partial charge in [-0.15, -0.1) is 0 Å². The number of rotatable bonds is 3. The van der Waals surface area contributed by atoms with Crippen molar-refractivity contribution in [2.24, 2.45) is 0 Å². The van der Waals surface area contributed by atoms with E-state index in [1.165, 1.54) is 30.3 Å². The van der Waals surface area contributed by atoms with Crippen LogP contribution in [0.5, 0.6) is 0 Å². The highest BCUT2D eigenvalue weighted by molar-refractivity contribution is 6.39. The smallest absolute Gasteiger partial charge is 0.335 e. The molecule has 25 heavy (non-hydrogen) atoms. The highest BCUT2D eigenvalue weighted by Crippen LogP contribution is 2.21. The molecule has 0 atom stereocenters. The molecule has 1 saturated heterocycles. The summed E-state index contributed by atoms with van der Waals surface area (Å²) in [6, 6.07) is 12.8. The minimum atomic E-state index is -1.33. The van der Waals surface area contributed by atoms with E-state index >= 15 is 0 Å². The molecular formula is C18H11N2O5-. The van der Waals surface area contributed by atoms with Gasteiger partial charge in [-0.3, -0.25) is 14.9 Å². The Morgan fingerprint density at radius 2 is 1.60 bits per heavy atom. The zero-order valence-corrected chi connectivity index (χ0v) is 12.8. The van der Waals surface area contributed by atoms with E-state index in [1.54, 1.807) is 30.3 Å². The Morgan fingerprint density at radius 1 is 0.960 bits per heavy atom. The van der Waals surface area contributed by atoms with Gasteiger partial charge in [-0.1, -0.05) is 42.5 Å². The summed E-state index contributed by atoms with van der Waals surface area (Å²) >= 11 is 0. The molecule has 1 aliphatic rings. The maximum absolute atomic E-state index is 12.6. The number of nitrogens with zero attached hydrogens (tertiary/aromatic N) is 1. The zero-order chi connectivity index (χ0) is 18.0. The second kappa shape index (κ2) is 6.40. The van der Waals surface area contributed by atoms with E-state index in [9.17, 15) is 24.3 Å². The summed E-state index contributed by atoms with van der Waals surface area (Å²) in [6.07, 6.45) is 1.29. The average molecular weight is 335 g/mol. The Bertz CT molecular complexity index is 901. The van der Waals surface area contributed by atoms with E-state index in [4.69, 9.17) is 0 Å². The molecule has 2 aromatic carbocycles. The fourth-order valence-corrected chi connectivity index (χ4v) is 2.35. The third-order valence-electron chi connectivity index (χ3n) is 3.57. The number of hydrogen-bond acceptors (Lipinski definition) is 5. The first-order chi connectivity index (χ1) is 12.0. The van der Waals surface area contributed by atoms with Gasteiger partial charge in [0.1, 0.15) is 5.57 Å². The number of aromatic carboxylic acids is 1. The Labute approximate surface area is 142 Å². The van der Waals surface area contributed by atoms with Gasteiger partial charge in [-0.05, 0) is 29.3 Å². The molecule has 0 radical (unpaired) electrons. The van der Waals surface area contributed by atoms with Crippen LogP contribution in [0.2, 0.25) is 0 Å². The molecule has 1 fully saturated rings. The highest BCUT2D eigenvalue weighted by atomic mass is 16.4. The van der Waals surface area contributed by atoms with Crippen LogP contribution < -0.4 is 15.3 Å². The number of benzene rings is 2. The van der Waals surface area contributed by atoms with Crippen molar-refractivity contribution in [3.63, 3.8) is 0 Å². The van der Waals surface area contributed by atoms with Crippen molar-refractivity contribution >= 4 is 35.6 Å². The van der Waals surface area contributed by atoms with Crippen LogP contribution in [0, 0.1) is 0 Å². The van der Waals surface area contributed by atoms with E-state index in [1.807, 2.05) is 0 Å². The number of barbiturate groups is 1. The molecule has 0 unspecified atom stereocenters. The molecule has 2 aromatic rings. The molecule has 0 saturated carbocycles. The highest BCUT2D eigenvalue weighted by Gasteiger charge is 2.36. The lowest BCUT2D eigenvalue weighted by atomic mass is 10.1. The van der Waals surface area contributed by atoms with E-state index in [-0.39, 0.29) is 11.1 Å². The van der Waals surface area contributed by atoms with Crippen LogP contribution >= 0.6 is 0 Å². The van der Waals surface area contributed by atoms with Crippen LogP contribution in [0.25, 0.3) is 6.08 Å². The molecule has 7 heteroatoms. The topological polar surface area (TPSA) is 107 Å². The minimum absolute atomic E-state index is 0.0253. The largest absolute Gasteiger partial charge is 0.545 e. The number of para-hydroxylation sites is 1. The van der Waals surface area contributed by atoms with Crippen LogP contribution in [-0.2, 0) is 9.59 Å². The van der Waals surface area contributed by atoms with Gasteiger partial charge in [0.15, 0.2) is 0 Å². The van der Waals surface area contributed by atoms with Gasteiger partial charge in [-0.2, -0.15) is 0 Å². The van der Waals surface area contributed by atoms with Crippen LogP contribution in [0.15, 0.2) is 60.2 Å². The summed E-state index contributed by atoms with van der Waals surface area (Å²) in [4.78, 5) is 48.2. The summed E-state index contributed by atoms with van der Waals surface area (Å²) in [6.45, 7) is 0. The quantitative estimate of drug-likeness (QED) is 0.657. The van der Waals surface area contributed by atoms with Crippen LogP contribution in [0.1, 0.15) is 15.9 Å². The van der Waals surface area contributed by atoms with Crippen LogP contribution in [0.3, 0.4) is 0 Å². The van der Waals surface area contributed by atoms with Crippen molar-refractivity contribution < 1.29 is 24.3 Å². The molecule has 1 aliphatic heterocycles. The number of carboxylic acids is 1. The van der Waals surface area contributed by atoms with E-state index in [0.29, 0.717) is 11.3 Å². The summed E-state index contributed by atoms with van der Waals surface area (Å²) in [5.41, 5.74) is 0.508. The van der Waals surface area contributed by atoms with Crippen molar-refractivity contribution in [1.29, 1.82) is 0 Å². The fourth-order valence-electron chi connectivity index (χ4n) is 2.35. The first-order valence-corrected chi connectivity index (χ1v) is 7.25. The molecule has 0 spiro atoms. The van der Waals surface area contributed by atoms with Crippen molar-refractivity contribution in [3.05, 3.63) is 71.3 Å². The Hall–Kier alpha value is -3.74. The van der Waals surface area contributed by atoms with Gasteiger partial charge >= 0.3 is 6.03 Å². The van der Waals surface area contributed by atoms with Crippen molar-refractivity contribution in [3.8, 4) is 0 Å². The summed E-state index contributed by atoms with van der Waals surface area (Å²) in [5.74, 6) is -2.90. The predicted octanol–water partition coefficient (Wildman–Crippen LogP) is 0.717. The second-order valence-corrected chi connectivity index (χ2v) is 5.20. The maximum atomic E-state index is 12.6. The molecule has 3 rings (SSSR count). The third-order valence-corrected chi connectivity index (χ3v) is 3.57. The van der Waals surface area contributed by atoms with E-state index in [2.05, 4.69) is 5.32 Å². The lowest BCUT2D eigenvalue weighted by Crippen LogP contribution is -2.54. The van der Waals surface area contributed by atoms with Crippen LogP contribution in [-0.4, -0.2) is 23.8 Å². The summed E-state index contributed by atoms with van der Waals surface area (Å²) < 4.78 is 0. The van der Waals surface area contributed by atoms with Gasteiger partial charge in [0.05, 0.1) is 11.7 Å². The predicted molar refractivity (Wildman–Crippen MR) is 86.2 cm³/mol. The minimum Gasteiger partial charge on any atom is -0.545 e. The van der Waals surface area contributed by atoms with Crippen LogP contribution in [0.4, 0.5) is 10.5 Å². The standard InChI is InChI=1S/C18H12N2O5/c21-15-14(10-11-6-8-12(9-7-11)17(23)24)16(22)20(18(25)19-15)13-4-2-1-3-5-13/h1-10H,(H,23,24)(H,19,21,25)/p-1. The van der Waals surface area contributed by atoms with Gasteiger partial charge in [0.2, 0.25) is 0 Å². The number of carboxylic acid groups (broad SMARTS) is 1. The molecule has 1 N–H and O–H groups in total. The second-order valence-electron chi connectivity index (χ2n) is 5.20. The Balaban J connectivity index is 1.97. The third kappa shape index (κ3) is 3.16. The number of nitrogens with one attached hydrogen (secondary N) is 1. The normalized spacial score (nSPS) is 16.1. The first kappa shape index (κ1) is 16.1. The van der Waals surface area contributed by atoms with E-state index in [0.717, 1.165) is 4.90 Å². The molecule has 7 nitrogen and oxygen atoms in total. The molecule has 0 aliphatic carbocycles. The molecule has 0 bridgehead atoms. The number of urea groups is 1. The van der Waals surface area contributed by atoms with E-state index < -0.39 is 23.8 Å². The Morgan fingerprint density at radius 3 is 2.20 bits per heavy atom. The van der Waals surface area contributed by atoms with Gasteiger partial charge in [0, 0.05) is 0 Å². The summed E-state index contributed by atoms with van der Waals surface area (Å²) in [5, 5.41) is 12.9. The number of imide groups is 2. The van der Waals surface area contributed by atoms with Crippen molar-refractivity contribution in [1.82, 2.24) is 5.32 Å². The number of carbonyl (C=O) groups excluding carboxylic acids is 4. The fraction of sp³-hybridized carbons (Fsp3) is 0. The molecule has 124 valence electrons. The molecule has 1 heterocycles. The number of carbonyl (C=O) groups is 4.